The standard InChI is InChI=1S/C7H15NO5S/c1-7(2,3)14(12,13)8-5(4-9)6(10)11/h5,8-9H,4H2,1-3H3,(H,10,11). The summed E-state index contributed by atoms with van der Waals surface area (Å²) in [7, 11) is -3.74. The first-order chi connectivity index (χ1) is 6.12. The number of nitrogens with one attached hydrogen (secondary N) is 1. The Bertz CT molecular complexity index is 303. The molecule has 0 fully saturated rings. The second kappa shape index (κ2) is 4.24. The predicted octanol–water partition coefficient (Wildman–Crippen LogP) is -0.850. The number of carboxylic acid groups (broad SMARTS) is 1. The van der Waals surface area contributed by atoms with Gasteiger partial charge in [-0.05, 0) is 20.8 Å². The Morgan fingerprint density at radius 2 is 1.86 bits per heavy atom. The third-order valence-electron chi connectivity index (χ3n) is 1.58. The van der Waals surface area contributed by atoms with Crippen molar-refractivity contribution in [3.05, 3.63) is 0 Å². The maximum atomic E-state index is 11.4. The summed E-state index contributed by atoms with van der Waals surface area (Å²) in [5.41, 5.74) is 0. The lowest BCUT2D eigenvalue weighted by atomic mass is 10.3. The van der Waals surface area contributed by atoms with Gasteiger partial charge in [0.1, 0.15) is 6.04 Å². The summed E-state index contributed by atoms with van der Waals surface area (Å²) in [6.07, 6.45) is 0. The summed E-state index contributed by atoms with van der Waals surface area (Å²) < 4.78 is 23.7. The van der Waals surface area contributed by atoms with Crippen molar-refractivity contribution in [3.63, 3.8) is 0 Å². The van der Waals surface area contributed by atoms with Crippen molar-refractivity contribution in [2.45, 2.75) is 31.6 Å². The Labute approximate surface area is 83.0 Å². The number of rotatable bonds is 4. The molecule has 0 aliphatic heterocycles. The Hall–Kier alpha value is -0.660. The highest BCUT2D eigenvalue weighted by molar-refractivity contribution is 7.90. The van der Waals surface area contributed by atoms with Crippen molar-refractivity contribution < 1.29 is 23.4 Å². The summed E-state index contributed by atoms with van der Waals surface area (Å²) in [5.74, 6) is -1.40. The SMILES string of the molecule is CC(C)(C)S(=O)(=O)NC(CO)C(=O)O. The molecule has 0 aliphatic rings. The van der Waals surface area contributed by atoms with E-state index in [0.717, 1.165) is 0 Å². The van der Waals surface area contributed by atoms with E-state index in [-0.39, 0.29) is 0 Å². The second-order valence-electron chi connectivity index (χ2n) is 3.81. The van der Waals surface area contributed by atoms with E-state index in [1.807, 2.05) is 4.72 Å². The lowest BCUT2D eigenvalue weighted by Gasteiger charge is -2.22. The van der Waals surface area contributed by atoms with E-state index in [1.165, 1.54) is 20.8 Å². The van der Waals surface area contributed by atoms with Crippen LogP contribution in [0.4, 0.5) is 0 Å². The molecule has 1 atom stereocenters. The number of carboxylic acids is 1. The van der Waals surface area contributed by atoms with E-state index < -0.39 is 33.4 Å². The number of sulfonamides is 1. The minimum Gasteiger partial charge on any atom is -0.480 e. The minimum absolute atomic E-state index is 0.773. The second-order valence-corrected chi connectivity index (χ2v) is 6.27. The molecule has 7 heteroatoms. The summed E-state index contributed by atoms with van der Waals surface area (Å²) in [4.78, 5) is 10.4. The first kappa shape index (κ1) is 13.3. The number of carbonyl (C=O) groups is 1. The fourth-order valence-electron chi connectivity index (χ4n) is 0.530. The van der Waals surface area contributed by atoms with E-state index in [2.05, 4.69) is 0 Å². The first-order valence-electron chi connectivity index (χ1n) is 3.97. The van der Waals surface area contributed by atoms with Gasteiger partial charge in [0.2, 0.25) is 10.0 Å². The Kier molecular flexibility index (Phi) is 4.04. The molecule has 0 aromatic carbocycles. The van der Waals surface area contributed by atoms with Gasteiger partial charge in [-0.3, -0.25) is 4.79 Å². The average molecular weight is 225 g/mol. The molecule has 0 spiro atoms. The van der Waals surface area contributed by atoms with Gasteiger partial charge in [-0.1, -0.05) is 0 Å². The molecule has 1 unspecified atom stereocenters. The van der Waals surface area contributed by atoms with Crippen LogP contribution < -0.4 is 4.72 Å². The van der Waals surface area contributed by atoms with Crippen molar-refractivity contribution in [2.75, 3.05) is 6.61 Å². The molecule has 0 saturated heterocycles. The van der Waals surface area contributed by atoms with Crippen LogP contribution in [0.3, 0.4) is 0 Å². The van der Waals surface area contributed by atoms with Crippen LogP contribution in [0.25, 0.3) is 0 Å². The Morgan fingerprint density at radius 3 is 2.07 bits per heavy atom. The Balaban J connectivity index is 4.75. The maximum Gasteiger partial charge on any atom is 0.324 e. The van der Waals surface area contributed by atoms with Gasteiger partial charge in [-0.25, -0.2) is 8.42 Å². The summed E-state index contributed by atoms with van der Waals surface area (Å²) in [5, 5.41) is 17.1. The summed E-state index contributed by atoms with van der Waals surface area (Å²) >= 11 is 0. The van der Waals surface area contributed by atoms with Gasteiger partial charge < -0.3 is 10.2 Å². The maximum absolute atomic E-state index is 11.4. The fraction of sp³-hybridized carbons (Fsp3) is 0.857. The van der Waals surface area contributed by atoms with Crippen molar-refractivity contribution in [3.8, 4) is 0 Å². The third kappa shape index (κ3) is 3.24. The molecule has 0 aromatic rings. The van der Waals surface area contributed by atoms with Crippen LogP contribution in [0.1, 0.15) is 20.8 Å². The largest absolute Gasteiger partial charge is 0.480 e. The number of aliphatic hydroxyl groups excluding tert-OH is 1. The number of hydrogen-bond donors (Lipinski definition) is 3. The molecule has 0 aliphatic carbocycles. The van der Waals surface area contributed by atoms with E-state index in [1.54, 1.807) is 0 Å². The average Bonchev–Trinajstić information content (AvgIpc) is 1.97. The van der Waals surface area contributed by atoms with Gasteiger partial charge in [0.15, 0.2) is 0 Å². The van der Waals surface area contributed by atoms with Crippen LogP contribution in [0.5, 0.6) is 0 Å². The molecule has 0 saturated carbocycles. The molecule has 0 aromatic heterocycles. The molecular formula is C7H15NO5S. The quantitative estimate of drug-likeness (QED) is 0.578. The van der Waals surface area contributed by atoms with Gasteiger partial charge in [0, 0.05) is 0 Å². The molecule has 84 valence electrons. The zero-order valence-corrected chi connectivity index (χ0v) is 9.13. The van der Waals surface area contributed by atoms with Crippen molar-refractivity contribution >= 4 is 16.0 Å². The number of hydrogen-bond acceptors (Lipinski definition) is 4. The number of aliphatic hydroxyl groups is 1. The van der Waals surface area contributed by atoms with Gasteiger partial charge in [0.25, 0.3) is 0 Å². The molecule has 0 amide bonds. The van der Waals surface area contributed by atoms with Crippen molar-refractivity contribution in [1.29, 1.82) is 0 Å². The highest BCUT2D eigenvalue weighted by atomic mass is 32.2. The highest BCUT2D eigenvalue weighted by Crippen LogP contribution is 2.13. The first-order valence-corrected chi connectivity index (χ1v) is 5.45. The molecule has 0 rings (SSSR count). The van der Waals surface area contributed by atoms with E-state index in [4.69, 9.17) is 10.2 Å². The molecule has 0 bridgehead atoms. The van der Waals surface area contributed by atoms with Crippen LogP contribution in [0, 0.1) is 0 Å². The minimum atomic E-state index is -3.74. The van der Waals surface area contributed by atoms with Gasteiger partial charge in [-0.2, -0.15) is 4.72 Å². The number of aliphatic carboxylic acids is 1. The van der Waals surface area contributed by atoms with Gasteiger partial charge >= 0.3 is 5.97 Å². The van der Waals surface area contributed by atoms with E-state index >= 15 is 0 Å². The van der Waals surface area contributed by atoms with E-state index in [0.29, 0.717) is 0 Å². The van der Waals surface area contributed by atoms with Gasteiger partial charge in [0.05, 0.1) is 11.4 Å². The third-order valence-corrected chi connectivity index (χ3v) is 3.79. The monoisotopic (exact) mass is 225 g/mol. The summed E-state index contributed by atoms with van der Waals surface area (Å²) in [6.45, 7) is 3.54. The summed E-state index contributed by atoms with van der Waals surface area (Å²) in [6, 6.07) is -1.49. The Morgan fingerprint density at radius 1 is 1.43 bits per heavy atom. The molecule has 0 radical (unpaired) electrons. The zero-order valence-electron chi connectivity index (χ0n) is 8.31. The molecular weight excluding hydrogens is 210 g/mol. The lowest BCUT2D eigenvalue weighted by Crippen LogP contribution is -2.49. The fourth-order valence-corrected chi connectivity index (χ4v) is 1.43. The molecule has 6 nitrogen and oxygen atoms in total. The molecule has 14 heavy (non-hydrogen) atoms. The zero-order chi connectivity index (χ0) is 11.6. The lowest BCUT2D eigenvalue weighted by molar-refractivity contribution is -0.139. The predicted molar refractivity (Wildman–Crippen MR) is 50.3 cm³/mol. The van der Waals surface area contributed by atoms with Crippen LogP contribution >= 0.6 is 0 Å². The van der Waals surface area contributed by atoms with Crippen LogP contribution in [-0.2, 0) is 14.8 Å². The highest BCUT2D eigenvalue weighted by Gasteiger charge is 2.33. The molecule has 3 N–H and O–H groups in total. The van der Waals surface area contributed by atoms with Crippen LogP contribution in [-0.4, -0.2) is 42.0 Å². The molecule has 0 heterocycles. The topological polar surface area (TPSA) is 104 Å². The van der Waals surface area contributed by atoms with E-state index in [9.17, 15) is 13.2 Å². The van der Waals surface area contributed by atoms with Gasteiger partial charge in [-0.15, -0.1) is 0 Å². The van der Waals surface area contributed by atoms with Crippen LogP contribution in [0.15, 0.2) is 0 Å². The normalized spacial score (nSPS) is 15.1. The van der Waals surface area contributed by atoms with Crippen LogP contribution in [0.2, 0.25) is 0 Å². The van der Waals surface area contributed by atoms with Crippen molar-refractivity contribution in [2.24, 2.45) is 0 Å². The smallest absolute Gasteiger partial charge is 0.324 e. The van der Waals surface area contributed by atoms with Crippen molar-refractivity contribution in [1.82, 2.24) is 4.72 Å².